The third-order valence-corrected chi connectivity index (χ3v) is 3.04. The highest BCUT2D eigenvalue weighted by Gasteiger charge is 2.44. The Hall–Kier alpha value is -2.91. The number of amides is 4. The first-order valence-corrected chi connectivity index (χ1v) is 6.14. The summed E-state index contributed by atoms with van der Waals surface area (Å²) in [6.45, 7) is -1.53. The van der Waals surface area contributed by atoms with Gasteiger partial charge in [-0.25, -0.2) is 9.69 Å². The highest BCUT2D eigenvalue weighted by Crippen LogP contribution is 2.29. The van der Waals surface area contributed by atoms with Gasteiger partial charge in [0.25, 0.3) is 0 Å². The molecule has 1 aromatic carbocycles. The highest BCUT2D eigenvalue weighted by molar-refractivity contribution is 6.44. The van der Waals surface area contributed by atoms with Gasteiger partial charge in [-0.2, -0.15) is 13.2 Å². The normalized spacial score (nSPS) is 15.5. The molecule has 0 spiro atoms. The van der Waals surface area contributed by atoms with E-state index in [2.05, 4.69) is 0 Å². The van der Waals surface area contributed by atoms with E-state index in [0.29, 0.717) is 4.90 Å². The van der Waals surface area contributed by atoms with Crippen LogP contribution in [-0.2, 0) is 27.1 Å². The van der Waals surface area contributed by atoms with Crippen molar-refractivity contribution in [2.75, 3.05) is 6.54 Å². The number of carboxylic acid groups (broad SMARTS) is 1. The Morgan fingerprint density at radius 1 is 1.00 bits per heavy atom. The zero-order valence-corrected chi connectivity index (χ0v) is 11.3. The lowest BCUT2D eigenvalue weighted by molar-refractivity contribution is -0.305. The van der Waals surface area contributed by atoms with Crippen molar-refractivity contribution in [2.24, 2.45) is 0 Å². The second-order valence-electron chi connectivity index (χ2n) is 4.63. The maximum absolute atomic E-state index is 12.4. The Morgan fingerprint density at radius 3 is 2.00 bits per heavy atom. The summed E-state index contributed by atoms with van der Waals surface area (Å²) in [6, 6.07) is 2.47. The van der Waals surface area contributed by atoms with E-state index in [1.807, 2.05) is 0 Å². The second kappa shape index (κ2) is 5.71. The van der Waals surface area contributed by atoms with Crippen molar-refractivity contribution in [3.8, 4) is 0 Å². The number of halogens is 3. The van der Waals surface area contributed by atoms with E-state index in [9.17, 15) is 37.5 Å². The quantitative estimate of drug-likeness (QED) is 0.560. The molecule has 0 N–H and O–H groups in total. The van der Waals surface area contributed by atoms with Crippen LogP contribution in [-0.4, -0.2) is 40.2 Å². The van der Waals surface area contributed by atoms with E-state index in [-0.39, 0.29) is 10.5 Å². The van der Waals surface area contributed by atoms with Crippen LogP contribution in [0.25, 0.3) is 0 Å². The van der Waals surface area contributed by atoms with Crippen LogP contribution in [0.2, 0.25) is 0 Å². The minimum atomic E-state index is -4.53. The molecule has 0 aliphatic carbocycles. The summed E-state index contributed by atoms with van der Waals surface area (Å²) < 4.78 is 37.3. The average Bonchev–Trinajstić information content (AvgIpc) is 2.64. The second-order valence-corrected chi connectivity index (χ2v) is 4.63. The van der Waals surface area contributed by atoms with E-state index in [1.54, 1.807) is 0 Å². The molecule has 0 saturated carbocycles. The Kier molecular flexibility index (Phi) is 4.08. The van der Waals surface area contributed by atoms with Gasteiger partial charge in [-0.05, 0) is 17.7 Å². The number of hydrogen-bond donors (Lipinski definition) is 0. The first kappa shape index (κ1) is 16.5. The van der Waals surface area contributed by atoms with E-state index in [4.69, 9.17) is 0 Å². The molecule has 0 atom stereocenters. The molecular weight excluding hydrogens is 321 g/mol. The maximum Gasteiger partial charge on any atom is 0.416 e. The average molecular weight is 329 g/mol. The molecule has 10 heteroatoms. The Morgan fingerprint density at radius 2 is 1.52 bits per heavy atom. The number of carbonyl (C=O) groups is 4. The number of aliphatic carboxylic acids is 1. The molecule has 1 aliphatic rings. The minimum Gasteiger partial charge on any atom is -0.548 e. The number of carboxylic acids is 1. The van der Waals surface area contributed by atoms with Crippen LogP contribution in [0.4, 0.5) is 18.0 Å². The predicted molar refractivity (Wildman–Crippen MR) is 64.1 cm³/mol. The van der Waals surface area contributed by atoms with Crippen LogP contribution in [0.5, 0.6) is 0 Å². The summed E-state index contributed by atoms with van der Waals surface area (Å²) in [5.74, 6) is -4.31. The third-order valence-electron chi connectivity index (χ3n) is 3.04. The number of benzene rings is 1. The van der Waals surface area contributed by atoms with Gasteiger partial charge in [0, 0.05) is 0 Å². The zero-order chi connectivity index (χ0) is 17.4. The van der Waals surface area contributed by atoms with Crippen molar-refractivity contribution in [3.63, 3.8) is 0 Å². The summed E-state index contributed by atoms with van der Waals surface area (Å²) in [5.41, 5.74) is -0.738. The zero-order valence-electron chi connectivity index (χ0n) is 11.3. The van der Waals surface area contributed by atoms with Gasteiger partial charge in [0.05, 0.1) is 24.6 Å². The molecule has 1 fully saturated rings. The Balaban J connectivity index is 2.17. The van der Waals surface area contributed by atoms with Gasteiger partial charge < -0.3 is 9.90 Å². The summed E-state index contributed by atoms with van der Waals surface area (Å²) in [5, 5.41) is 10.5. The molecule has 1 aliphatic heterocycles. The third kappa shape index (κ3) is 3.30. The van der Waals surface area contributed by atoms with Crippen molar-refractivity contribution >= 4 is 23.8 Å². The van der Waals surface area contributed by atoms with Gasteiger partial charge >= 0.3 is 24.0 Å². The Bertz CT molecular complexity index is 684. The monoisotopic (exact) mass is 329 g/mol. The van der Waals surface area contributed by atoms with Gasteiger partial charge in [-0.15, -0.1) is 0 Å². The lowest BCUT2D eigenvalue weighted by Gasteiger charge is -2.16. The SMILES string of the molecule is O=C([O-])CN1C(=O)C(=O)N(Cc2ccc(C(F)(F)F)cc2)C1=O. The van der Waals surface area contributed by atoms with Crippen molar-refractivity contribution in [3.05, 3.63) is 35.4 Å². The van der Waals surface area contributed by atoms with Crippen LogP contribution in [0.15, 0.2) is 24.3 Å². The van der Waals surface area contributed by atoms with Crippen molar-refractivity contribution in [1.29, 1.82) is 0 Å². The highest BCUT2D eigenvalue weighted by atomic mass is 19.4. The van der Waals surface area contributed by atoms with Crippen LogP contribution in [0, 0.1) is 0 Å². The number of rotatable bonds is 4. The van der Waals surface area contributed by atoms with Crippen LogP contribution in [0.3, 0.4) is 0 Å². The molecule has 7 nitrogen and oxygen atoms in total. The maximum atomic E-state index is 12.4. The molecule has 23 heavy (non-hydrogen) atoms. The van der Waals surface area contributed by atoms with Crippen LogP contribution < -0.4 is 5.11 Å². The van der Waals surface area contributed by atoms with E-state index in [0.717, 1.165) is 24.3 Å². The van der Waals surface area contributed by atoms with Gasteiger partial charge in [-0.1, -0.05) is 12.1 Å². The molecule has 0 radical (unpaired) electrons. The number of hydrogen-bond acceptors (Lipinski definition) is 5. The van der Waals surface area contributed by atoms with E-state index < -0.39 is 48.6 Å². The van der Waals surface area contributed by atoms with Crippen LogP contribution in [0.1, 0.15) is 11.1 Å². The number of nitrogens with zero attached hydrogens (tertiary/aromatic N) is 2. The van der Waals surface area contributed by atoms with Gasteiger partial charge in [0.15, 0.2) is 0 Å². The van der Waals surface area contributed by atoms with Gasteiger partial charge in [0.2, 0.25) is 0 Å². The number of urea groups is 1. The van der Waals surface area contributed by atoms with Crippen LogP contribution >= 0.6 is 0 Å². The Labute approximate surface area is 126 Å². The largest absolute Gasteiger partial charge is 0.548 e. The summed E-state index contributed by atoms with van der Waals surface area (Å²) in [4.78, 5) is 46.1. The molecule has 1 saturated heterocycles. The fourth-order valence-corrected chi connectivity index (χ4v) is 1.94. The van der Waals surface area contributed by atoms with Crippen molar-refractivity contribution < 1.29 is 37.5 Å². The lowest BCUT2D eigenvalue weighted by Crippen LogP contribution is -2.42. The minimum absolute atomic E-state index is 0.169. The van der Waals surface area contributed by atoms with Gasteiger partial charge in [-0.3, -0.25) is 14.5 Å². The molecule has 1 aromatic rings. The number of alkyl halides is 3. The smallest absolute Gasteiger partial charge is 0.416 e. The van der Waals surface area contributed by atoms with Crippen molar-refractivity contribution in [2.45, 2.75) is 12.7 Å². The predicted octanol–water partition coefficient (Wildman–Crippen LogP) is -0.254. The molecule has 4 amide bonds. The van der Waals surface area contributed by atoms with E-state index in [1.165, 1.54) is 0 Å². The summed E-state index contributed by atoms with van der Waals surface area (Å²) in [6.07, 6.45) is -4.53. The molecule has 1 heterocycles. The molecule has 122 valence electrons. The number of imide groups is 2. The first-order chi connectivity index (χ1) is 10.6. The molecular formula is C13H8F3N2O5-. The van der Waals surface area contributed by atoms with E-state index >= 15 is 0 Å². The fraction of sp³-hybridized carbons (Fsp3) is 0.231. The molecule has 0 aromatic heterocycles. The van der Waals surface area contributed by atoms with Gasteiger partial charge in [0.1, 0.15) is 0 Å². The molecule has 0 unspecified atom stereocenters. The van der Waals surface area contributed by atoms with Crippen molar-refractivity contribution in [1.82, 2.24) is 9.80 Å². The number of carbonyl (C=O) groups excluding carboxylic acids is 4. The molecule has 2 rings (SSSR count). The summed E-state index contributed by atoms with van der Waals surface area (Å²) >= 11 is 0. The fourth-order valence-electron chi connectivity index (χ4n) is 1.94. The topological polar surface area (TPSA) is 97.8 Å². The first-order valence-electron chi connectivity index (χ1n) is 6.14. The lowest BCUT2D eigenvalue weighted by atomic mass is 10.1. The summed E-state index contributed by atoms with van der Waals surface area (Å²) in [7, 11) is 0. The molecule has 0 bridgehead atoms. The standard InChI is InChI=1S/C13H9F3N2O5/c14-13(15,16)8-3-1-7(2-4-8)5-17-10(21)11(22)18(12(17)23)6-9(19)20/h1-4H,5-6H2,(H,19,20)/p-1.